The quantitative estimate of drug-likeness (QED) is 0.179. The third-order valence-electron chi connectivity index (χ3n) is 4.81. The molecule has 0 fully saturated rings. The highest BCUT2D eigenvalue weighted by Gasteiger charge is 2.21. The SMILES string of the molecule is C[C@H](Sc1nc2ccccc2c(=O)n1-c1ccccc1Cl)C(=O)Nc1cccc([N+](=O)[O-])c1. The van der Waals surface area contributed by atoms with Crippen molar-refractivity contribution >= 4 is 51.5 Å². The Labute approximate surface area is 197 Å². The van der Waals surface area contributed by atoms with Crippen molar-refractivity contribution in [2.75, 3.05) is 5.32 Å². The van der Waals surface area contributed by atoms with Crippen molar-refractivity contribution in [2.24, 2.45) is 0 Å². The Bertz CT molecular complexity index is 1440. The molecule has 0 aliphatic heterocycles. The molecule has 0 aliphatic rings. The number of benzene rings is 3. The Morgan fingerprint density at radius 1 is 1.12 bits per heavy atom. The summed E-state index contributed by atoms with van der Waals surface area (Å²) in [6.45, 7) is 1.66. The van der Waals surface area contributed by atoms with E-state index in [0.717, 1.165) is 11.8 Å². The Kier molecular flexibility index (Phi) is 6.43. The van der Waals surface area contributed by atoms with Gasteiger partial charge < -0.3 is 5.32 Å². The van der Waals surface area contributed by atoms with Gasteiger partial charge in [0, 0.05) is 17.8 Å². The molecule has 4 aromatic rings. The first-order valence-electron chi connectivity index (χ1n) is 9.84. The van der Waals surface area contributed by atoms with Crippen LogP contribution >= 0.6 is 23.4 Å². The standard InChI is InChI=1S/C23H17ClN4O4S/c1-14(21(29)25-15-7-6-8-16(13-15)28(31)32)33-23-26-19-11-4-2-9-17(19)22(30)27(23)20-12-5-3-10-18(20)24/h2-14H,1H3,(H,25,29)/t14-/m0/s1. The van der Waals surface area contributed by atoms with Gasteiger partial charge in [-0.05, 0) is 37.3 Å². The topological polar surface area (TPSA) is 107 Å². The molecular formula is C23H17ClN4O4S. The molecule has 166 valence electrons. The molecule has 0 unspecified atom stereocenters. The molecule has 1 heterocycles. The summed E-state index contributed by atoms with van der Waals surface area (Å²) in [5.41, 5.74) is 0.826. The van der Waals surface area contributed by atoms with E-state index in [1.165, 1.54) is 22.8 Å². The highest BCUT2D eigenvalue weighted by molar-refractivity contribution is 8.00. The van der Waals surface area contributed by atoms with Gasteiger partial charge in [-0.1, -0.05) is 53.7 Å². The van der Waals surface area contributed by atoms with Crippen LogP contribution in [0.2, 0.25) is 5.02 Å². The molecule has 1 amide bonds. The first kappa shape index (κ1) is 22.5. The van der Waals surface area contributed by atoms with Crippen molar-refractivity contribution in [1.82, 2.24) is 9.55 Å². The van der Waals surface area contributed by atoms with Crippen molar-refractivity contribution in [3.05, 3.63) is 98.3 Å². The lowest BCUT2D eigenvalue weighted by Gasteiger charge is -2.17. The number of para-hydroxylation sites is 2. The zero-order valence-corrected chi connectivity index (χ0v) is 18.8. The Hall–Kier alpha value is -3.69. The summed E-state index contributed by atoms with van der Waals surface area (Å²) >= 11 is 7.46. The van der Waals surface area contributed by atoms with Crippen LogP contribution in [-0.4, -0.2) is 25.6 Å². The molecule has 0 radical (unpaired) electrons. The van der Waals surface area contributed by atoms with E-state index < -0.39 is 16.1 Å². The van der Waals surface area contributed by atoms with E-state index >= 15 is 0 Å². The summed E-state index contributed by atoms with van der Waals surface area (Å²) in [5, 5.41) is 14.1. The van der Waals surface area contributed by atoms with Gasteiger partial charge in [0.05, 0.1) is 31.8 Å². The predicted molar refractivity (Wildman–Crippen MR) is 129 cm³/mol. The maximum absolute atomic E-state index is 13.3. The van der Waals surface area contributed by atoms with E-state index in [9.17, 15) is 19.7 Å². The van der Waals surface area contributed by atoms with Crippen LogP contribution in [0.4, 0.5) is 11.4 Å². The normalized spacial score (nSPS) is 11.8. The molecule has 8 nitrogen and oxygen atoms in total. The highest BCUT2D eigenvalue weighted by Crippen LogP contribution is 2.29. The second-order valence-electron chi connectivity index (χ2n) is 7.06. The maximum atomic E-state index is 13.3. The Balaban J connectivity index is 1.70. The minimum Gasteiger partial charge on any atom is -0.325 e. The summed E-state index contributed by atoms with van der Waals surface area (Å²) < 4.78 is 1.40. The summed E-state index contributed by atoms with van der Waals surface area (Å²) in [6.07, 6.45) is 0. The zero-order chi connectivity index (χ0) is 23.5. The number of hydrogen-bond acceptors (Lipinski definition) is 6. The monoisotopic (exact) mass is 480 g/mol. The predicted octanol–water partition coefficient (Wildman–Crippen LogP) is 5.07. The van der Waals surface area contributed by atoms with Crippen LogP contribution in [0.25, 0.3) is 16.6 Å². The molecule has 10 heteroatoms. The number of anilines is 1. The first-order valence-corrected chi connectivity index (χ1v) is 11.1. The number of aromatic nitrogens is 2. The van der Waals surface area contributed by atoms with Crippen LogP contribution in [0, 0.1) is 10.1 Å². The second kappa shape index (κ2) is 9.43. The zero-order valence-electron chi connectivity index (χ0n) is 17.3. The number of hydrogen-bond donors (Lipinski definition) is 1. The minimum absolute atomic E-state index is 0.128. The molecule has 3 aromatic carbocycles. The number of carbonyl (C=O) groups excluding carboxylic acids is 1. The number of amides is 1. The van der Waals surface area contributed by atoms with E-state index in [1.807, 2.05) is 0 Å². The number of carbonyl (C=O) groups is 1. The number of nitrogens with zero attached hydrogens (tertiary/aromatic N) is 3. The summed E-state index contributed by atoms with van der Waals surface area (Å²) in [7, 11) is 0. The fraction of sp³-hybridized carbons (Fsp3) is 0.0870. The number of non-ortho nitro benzene ring substituents is 1. The van der Waals surface area contributed by atoms with Gasteiger partial charge in [-0.3, -0.25) is 24.3 Å². The van der Waals surface area contributed by atoms with E-state index in [4.69, 9.17) is 11.6 Å². The Morgan fingerprint density at radius 2 is 1.85 bits per heavy atom. The van der Waals surface area contributed by atoms with Gasteiger partial charge in [0.1, 0.15) is 0 Å². The summed E-state index contributed by atoms with van der Waals surface area (Å²) in [5.74, 6) is -0.395. The molecule has 4 rings (SSSR count). The van der Waals surface area contributed by atoms with E-state index in [1.54, 1.807) is 61.5 Å². The summed E-state index contributed by atoms with van der Waals surface area (Å²) in [4.78, 5) is 41.2. The molecule has 1 N–H and O–H groups in total. The number of rotatable bonds is 6. The van der Waals surface area contributed by atoms with Crippen LogP contribution in [-0.2, 0) is 4.79 Å². The van der Waals surface area contributed by atoms with Crippen LogP contribution < -0.4 is 10.9 Å². The van der Waals surface area contributed by atoms with Gasteiger partial charge in [0.15, 0.2) is 5.16 Å². The van der Waals surface area contributed by atoms with Crippen LogP contribution in [0.5, 0.6) is 0 Å². The van der Waals surface area contributed by atoms with E-state index in [0.29, 0.717) is 32.5 Å². The fourth-order valence-corrected chi connectivity index (χ4v) is 4.33. The lowest BCUT2D eigenvalue weighted by Crippen LogP contribution is -2.26. The molecular weight excluding hydrogens is 464 g/mol. The third-order valence-corrected chi connectivity index (χ3v) is 6.19. The largest absolute Gasteiger partial charge is 0.325 e. The Morgan fingerprint density at radius 3 is 2.61 bits per heavy atom. The van der Waals surface area contributed by atoms with Crippen molar-refractivity contribution in [3.8, 4) is 5.69 Å². The minimum atomic E-state index is -0.675. The van der Waals surface area contributed by atoms with Crippen molar-refractivity contribution < 1.29 is 9.72 Å². The molecule has 1 atom stereocenters. The molecule has 0 saturated carbocycles. The van der Waals surface area contributed by atoms with Crippen molar-refractivity contribution in [2.45, 2.75) is 17.3 Å². The van der Waals surface area contributed by atoms with E-state index in [2.05, 4.69) is 10.3 Å². The molecule has 0 spiro atoms. The lowest BCUT2D eigenvalue weighted by atomic mass is 10.2. The highest BCUT2D eigenvalue weighted by atomic mass is 35.5. The maximum Gasteiger partial charge on any atom is 0.271 e. The first-order chi connectivity index (χ1) is 15.8. The van der Waals surface area contributed by atoms with Gasteiger partial charge >= 0.3 is 0 Å². The average Bonchev–Trinajstić information content (AvgIpc) is 2.80. The second-order valence-corrected chi connectivity index (χ2v) is 8.78. The number of nitro groups is 1. The van der Waals surface area contributed by atoms with Crippen LogP contribution in [0.1, 0.15) is 6.92 Å². The number of nitro benzene ring substituents is 1. The van der Waals surface area contributed by atoms with Gasteiger partial charge in [0.25, 0.3) is 11.2 Å². The van der Waals surface area contributed by atoms with Crippen molar-refractivity contribution in [1.29, 1.82) is 0 Å². The molecule has 0 aliphatic carbocycles. The molecule has 33 heavy (non-hydrogen) atoms. The smallest absolute Gasteiger partial charge is 0.271 e. The number of fused-ring (bicyclic) bond motifs is 1. The molecule has 0 bridgehead atoms. The molecule has 0 saturated heterocycles. The molecule has 1 aromatic heterocycles. The third kappa shape index (κ3) is 4.74. The van der Waals surface area contributed by atoms with E-state index in [-0.39, 0.29) is 11.2 Å². The van der Waals surface area contributed by atoms with Gasteiger partial charge in [-0.15, -0.1) is 0 Å². The number of nitrogens with one attached hydrogen (secondary N) is 1. The van der Waals surface area contributed by atoms with Crippen LogP contribution in [0.15, 0.2) is 82.7 Å². The number of thioether (sulfide) groups is 1. The average molecular weight is 481 g/mol. The summed E-state index contributed by atoms with van der Waals surface area (Å²) in [6, 6.07) is 19.5. The van der Waals surface area contributed by atoms with Crippen molar-refractivity contribution in [3.63, 3.8) is 0 Å². The van der Waals surface area contributed by atoms with Gasteiger partial charge in [-0.2, -0.15) is 0 Å². The van der Waals surface area contributed by atoms with Gasteiger partial charge in [0.2, 0.25) is 5.91 Å². The lowest BCUT2D eigenvalue weighted by molar-refractivity contribution is -0.384. The number of halogens is 1. The fourth-order valence-electron chi connectivity index (χ4n) is 3.19. The van der Waals surface area contributed by atoms with Gasteiger partial charge in [-0.25, -0.2) is 4.98 Å². The van der Waals surface area contributed by atoms with Crippen LogP contribution in [0.3, 0.4) is 0 Å².